The highest BCUT2D eigenvalue weighted by Crippen LogP contribution is 2.56. The summed E-state index contributed by atoms with van der Waals surface area (Å²) in [7, 11) is 1.52. The second-order valence-corrected chi connectivity index (χ2v) is 7.19. The van der Waals surface area contributed by atoms with Gasteiger partial charge < -0.3 is 14.9 Å². The van der Waals surface area contributed by atoms with Crippen LogP contribution in [0.5, 0.6) is 11.5 Å². The second kappa shape index (κ2) is 5.44. The van der Waals surface area contributed by atoms with Crippen molar-refractivity contribution in [2.24, 2.45) is 11.8 Å². The summed E-state index contributed by atoms with van der Waals surface area (Å²) in [6, 6.07) is 13.5. The average molecular weight is 363 g/mol. The number of hydrogen-bond donors (Lipinski definition) is 2. The number of likely N-dealkylation sites (tertiary alicyclic amines) is 1. The standard InChI is InChI=1S/C21H17NO5/c1-22-20(25)16-17(21(22)26)19-15(11-4-8-13(24)9-5-11)14(18(16)27-19)10-2-6-12(23)7-3-10/h2-9,16-19,23-24H,1H3/t16-,17+,18+,19-. The van der Waals surface area contributed by atoms with E-state index in [9.17, 15) is 19.8 Å². The van der Waals surface area contributed by atoms with Gasteiger partial charge in [-0.25, -0.2) is 0 Å². The molecule has 2 saturated heterocycles. The highest BCUT2D eigenvalue weighted by atomic mass is 16.5. The minimum Gasteiger partial charge on any atom is -0.508 e. The summed E-state index contributed by atoms with van der Waals surface area (Å²) >= 11 is 0. The summed E-state index contributed by atoms with van der Waals surface area (Å²) in [6.07, 6.45) is -1.01. The van der Waals surface area contributed by atoms with Crippen LogP contribution in [0.1, 0.15) is 11.1 Å². The predicted molar refractivity (Wildman–Crippen MR) is 96.4 cm³/mol. The van der Waals surface area contributed by atoms with Gasteiger partial charge in [-0.1, -0.05) is 24.3 Å². The highest BCUT2D eigenvalue weighted by molar-refractivity contribution is 6.12. The number of carbonyl (C=O) groups is 2. The SMILES string of the molecule is CN1C(=O)[C@@H]2[C@H](C1=O)[C@@H]1O[C@H]2C(c2ccc(O)cc2)=C1c1ccc(O)cc1. The first-order chi connectivity index (χ1) is 13.0. The van der Waals surface area contributed by atoms with Crippen LogP contribution >= 0.6 is 0 Å². The minimum absolute atomic E-state index is 0.152. The summed E-state index contributed by atoms with van der Waals surface area (Å²) in [5, 5.41) is 19.3. The number of nitrogens with zero attached hydrogens (tertiary/aromatic N) is 1. The van der Waals surface area contributed by atoms with Gasteiger partial charge in [-0.2, -0.15) is 0 Å². The molecule has 6 nitrogen and oxygen atoms in total. The van der Waals surface area contributed by atoms with Gasteiger partial charge in [0, 0.05) is 7.05 Å². The smallest absolute Gasteiger partial charge is 0.235 e. The Morgan fingerprint density at radius 1 is 0.741 bits per heavy atom. The third-order valence-corrected chi connectivity index (χ3v) is 5.78. The molecule has 6 heteroatoms. The number of ether oxygens (including phenoxy) is 1. The normalized spacial score (nSPS) is 29.0. The van der Waals surface area contributed by atoms with Gasteiger partial charge in [-0.05, 0) is 46.5 Å². The Morgan fingerprint density at radius 2 is 1.11 bits per heavy atom. The first-order valence-corrected chi connectivity index (χ1v) is 8.77. The van der Waals surface area contributed by atoms with Crippen LogP contribution in [0.3, 0.4) is 0 Å². The van der Waals surface area contributed by atoms with Crippen molar-refractivity contribution in [3.05, 3.63) is 59.7 Å². The zero-order valence-electron chi connectivity index (χ0n) is 14.5. The minimum atomic E-state index is -0.517. The van der Waals surface area contributed by atoms with Crippen LogP contribution < -0.4 is 0 Å². The molecule has 3 aliphatic rings. The van der Waals surface area contributed by atoms with E-state index in [1.165, 1.54) is 11.9 Å². The van der Waals surface area contributed by atoms with Crippen molar-refractivity contribution >= 4 is 23.0 Å². The Hall–Kier alpha value is -3.12. The van der Waals surface area contributed by atoms with E-state index in [0.29, 0.717) is 0 Å². The lowest BCUT2D eigenvalue weighted by molar-refractivity contribution is -0.140. The summed E-state index contributed by atoms with van der Waals surface area (Å²) < 4.78 is 6.16. The molecule has 3 aliphatic heterocycles. The van der Waals surface area contributed by atoms with Crippen molar-refractivity contribution in [2.75, 3.05) is 7.05 Å². The monoisotopic (exact) mass is 363 g/mol. The van der Waals surface area contributed by atoms with Crippen molar-refractivity contribution in [1.82, 2.24) is 4.90 Å². The van der Waals surface area contributed by atoms with Gasteiger partial charge in [0.1, 0.15) is 11.5 Å². The van der Waals surface area contributed by atoms with E-state index in [4.69, 9.17) is 4.74 Å². The molecule has 0 radical (unpaired) electrons. The fourth-order valence-electron chi connectivity index (χ4n) is 4.55. The molecule has 27 heavy (non-hydrogen) atoms. The number of fused-ring (bicyclic) bond motifs is 5. The van der Waals surface area contributed by atoms with E-state index in [2.05, 4.69) is 0 Å². The van der Waals surface area contributed by atoms with Gasteiger partial charge in [-0.15, -0.1) is 0 Å². The number of imide groups is 1. The van der Waals surface area contributed by atoms with Crippen molar-refractivity contribution in [3.63, 3.8) is 0 Å². The maximum atomic E-state index is 12.6. The van der Waals surface area contributed by atoms with Gasteiger partial charge in [-0.3, -0.25) is 14.5 Å². The maximum absolute atomic E-state index is 12.6. The maximum Gasteiger partial charge on any atom is 0.235 e. The van der Waals surface area contributed by atoms with E-state index in [0.717, 1.165) is 22.3 Å². The van der Waals surface area contributed by atoms with E-state index in [-0.39, 0.29) is 23.3 Å². The molecule has 4 atom stereocenters. The van der Waals surface area contributed by atoms with Crippen LogP contribution in [0.2, 0.25) is 0 Å². The summed E-state index contributed by atoms with van der Waals surface area (Å²) in [4.78, 5) is 26.5. The Kier molecular flexibility index (Phi) is 3.24. The van der Waals surface area contributed by atoms with Crippen LogP contribution in [-0.4, -0.2) is 46.2 Å². The van der Waals surface area contributed by atoms with Crippen molar-refractivity contribution < 1.29 is 24.5 Å². The Labute approximate surface area is 155 Å². The second-order valence-electron chi connectivity index (χ2n) is 7.19. The molecule has 0 saturated carbocycles. The quantitative estimate of drug-likeness (QED) is 0.797. The molecule has 3 heterocycles. The summed E-state index contributed by atoms with van der Waals surface area (Å²) in [5.41, 5.74) is 3.42. The molecular formula is C21H17NO5. The number of benzene rings is 2. The van der Waals surface area contributed by atoms with Crippen LogP contribution in [-0.2, 0) is 14.3 Å². The first kappa shape index (κ1) is 16.1. The third-order valence-electron chi connectivity index (χ3n) is 5.78. The molecule has 136 valence electrons. The molecule has 2 aromatic carbocycles. The number of amides is 2. The zero-order valence-corrected chi connectivity index (χ0v) is 14.5. The Morgan fingerprint density at radius 3 is 1.48 bits per heavy atom. The fourth-order valence-corrected chi connectivity index (χ4v) is 4.55. The lowest BCUT2D eigenvalue weighted by atomic mass is 9.73. The topological polar surface area (TPSA) is 87.1 Å². The number of phenolic OH excluding ortho intramolecular Hbond substituents is 2. The van der Waals surface area contributed by atoms with Crippen molar-refractivity contribution in [1.29, 1.82) is 0 Å². The average Bonchev–Trinajstić information content (AvgIpc) is 3.29. The van der Waals surface area contributed by atoms with Crippen LogP contribution in [0.15, 0.2) is 48.5 Å². The zero-order chi connectivity index (χ0) is 18.9. The number of aromatic hydroxyl groups is 2. The molecule has 2 amide bonds. The van der Waals surface area contributed by atoms with Gasteiger partial charge >= 0.3 is 0 Å². The lowest BCUT2D eigenvalue weighted by Gasteiger charge is -2.24. The Bertz CT molecular complexity index is 913. The van der Waals surface area contributed by atoms with Gasteiger partial charge in [0.25, 0.3) is 0 Å². The molecule has 2 bridgehead atoms. The molecule has 2 fully saturated rings. The van der Waals surface area contributed by atoms with Gasteiger partial charge in [0.15, 0.2) is 0 Å². The van der Waals surface area contributed by atoms with Crippen LogP contribution in [0.25, 0.3) is 11.1 Å². The first-order valence-electron chi connectivity index (χ1n) is 8.77. The number of hydrogen-bond acceptors (Lipinski definition) is 5. The largest absolute Gasteiger partial charge is 0.508 e. The summed E-state index contributed by atoms with van der Waals surface area (Å²) in [6.45, 7) is 0. The third kappa shape index (κ3) is 2.10. The molecule has 2 N–H and O–H groups in total. The summed E-state index contributed by atoms with van der Waals surface area (Å²) in [5.74, 6) is -1.15. The van der Waals surface area contributed by atoms with Crippen molar-refractivity contribution in [3.8, 4) is 11.5 Å². The van der Waals surface area contributed by atoms with Gasteiger partial charge in [0.2, 0.25) is 11.8 Å². The molecular weight excluding hydrogens is 346 g/mol. The number of phenols is 2. The molecule has 5 rings (SSSR count). The molecule has 0 spiro atoms. The van der Waals surface area contributed by atoms with E-state index in [1.807, 2.05) is 0 Å². The predicted octanol–water partition coefficient (Wildman–Crippen LogP) is 2.02. The molecule has 0 aliphatic carbocycles. The molecule has 0 aromatic heterocycles. The number of rotatable bonds is 2. The molecule has 0 unspecified atom stereocenters. The number of carbonyl (C=O) groups excluding carboxylic acids is 2. The van der Waals surface area contributed by atoms with E-state index < -0.39 is 24.0 Å². The van der Waals surface area contributed by atoms with Gasteiger partial charge in [0.05, 0.1) is 24.0 Å². The lowest BCUT2D eigenvalue weighted by Crippen LogP contribution is -2.30. The van der Waals surface area contributed by atoms with Crippen LogP contribution in [0.4, 0.5) is 0 Å². The highest BCUT2D eigenvalue weighted by Gasteiger charge is 2.64. The molecule has 2 aromatic rings. The van der Waals surface area contributed by atoms with E-state index >= 15 is 0 Å². The van der Waals surface area contributed by atoms with Crippen LogP contribution in [0, 0.1) is 11.8 Å². The fraction of sp³-hybridized carbons (Fsp3) is 0.238. The van der Waals surface area contributed by atoms with E-state index in [1.54, 1.807) is 48.5 Å². The Balaban J connectivity index is 1.72. The van der Waals surface area contributed by atoms with Crippen molar-refractivity contribution in [2.45, 2.75) is 12.2 Å².